The molecule has 1 fully saturated rings. The number of nitrogens with one attached hydrogen (secondary N) is 1. The predicted molar refractivity (Wildman–Crippen MR) is 120 cm³/mol. The van der Waals surface area contributed by atoms with E-state index < -0.39 is 5.66 Å². The summed E-state index contributed by atoms with van der Waals surface area (Å²) in [5, 5.41) is 3.66. The zero-order valence-electron chi connectivity index (χ0n) is 16.9. The average Bonchev–Trinajstić information content (AvgIpc) is 3.19. The maximum atomic E-state index is 13.4. The smallest absolute Gasteiger partial charge is 0.319 e. The zero-order valence-corrected chi connectivity index (χ0v) is 17.7. The number of rotatable bonds is 3. The van der Waals surface area contributed by atoms with Gasteiger partial charge in [0.05, 0.1) is 0 Å². The fourth-order valence-electron chi connectivity index (χ4n) is 4.74. The van der Waals surface area contributed by atoms with Gasteiger partial charge in [-0.1, -0.05) is 72.3 Å². The second-order valence-electron chi connectivity index (χ2n) is 7.91. The minimum atomic E-state index is -0.878. The first-order valence-electron chi connectivity index (χ1n) is 10.3. The van der Waals surface area contributed by atoms with Crippen molar-refractivity contribution in [3.63, 3.8) is 0 Å². The summed E-state index contributed by atoms with van der Waals surface area (Å²) in [6.45, 7) is 1.37. The van der Waals surface area contributed by atoms with Crippen LogP contribution in [0.2, 0.25) is 5.02 Å². The van der Waals surface area contributed by atoms with Gasteiger partial charge in [0.1, 0.15) is 5.66 Å². The van der Waals surface area contributed by atoms with Gasteiger partial charge in [-0.3, -0.25) is 9.69 Å². The molecular formula is C25H22ClN3O2. The van der Waals surface area contributed by atoms with Crippen molar-refractivity contribution in [2.45, 2.75) is 18.6 Å². The Morgan fingerprint density at radius 1 is 0.935 bits per heavy atom. The van der Waals surface area contributed by atoms with E-state index in [1.807, 2.05) is 83.8 Å². The molecule has 6 heteroatoms. The van der Waals surface area contributed by atoms with Crippen LogP contribution < -0.4 is 5.32 Å². The van der Waals surface area contributed by atoms with E-state index in [1.54, 1.807) is 4.90 Å². The Bertz CT molecular complexity index is 1130. The van der Waals surface area contributed by atoms with Gasteiger partial charge in [0.25, 0.3) is 5.91 Å². The second-order valence-corrected chi connectivity index (χ2v) is 8.35. The highest BCUT2D eigenvalue weighted by molar-refractivity contribution is 6.30. The lowest BCUT2D eigenvalue weighted by Gasteiger charge is -2.47. The van der Waals surface area contributed by atoms with Crippen LogP contribution in [0.25, 0.3) is 0 Å². The number of amides is 3. The minimum Gasteiger partial charge on any atom is -0.334 e. The molecule has 1 N–H and O–H groups in total. The van der Waals surface area contributed by atoms with E-state index in [-0.39, 0.29) is 11.9 Å². The summed E-state index contributed by atoms with van der Waals surface area (Å²) < 4.78 is 0. The van der Waals surface area contributed by atoms with E-state index in [0.29, 0.717) is 36.6 Å². The molecule has 0 spiro atoms. The Morgan fingerprint density at radius 3 is 2.42 bits per heavy atom. The summed E-state index contributed by atoms with van der Waals surface area (Å²) >= 11 is 6.14. The van der Waals surface area contributed by atoms with Crippen LogP contribution in [-0.2, 0) is 18.6 Å². The molecule has 3 aromatic rings. The summed E-state index contributed by atoms with van der Waals surface area (Å²) in [7, 11) is 0. The number of fused-ring (bicyclic) bond motifs is 2. The summed E-state index contributed by atoms with van der Waals surface area (Å²) in [5.74, 6) is -0.0461. The molecule has 0 saturated carbocycles. The molecule has 3 aromatic carbocycles. The van der Waals surface area contributed by atoms with Gasteiger partial charge in [0.2, 0.25) is 0 Å². The summed E-state index contributed by atoms with van der Waals surface area (Å²) in [6.07, 6.45) is 0.537. The maximum Gasteiger partial charge on any atom is 0.319 e. The normalized spacial score (nSPS) is 19.7. The number of urea groups is 1. The Labute approximate surface area is 186 Å². The quantitative estimate of drug-likeness (QED) is 0.667. The highest BCUT2D eigenvalue weighted by Crippen LogP contribution is 2.45. The third kappa shape index (κ3) is 3.26. The zero-order chi connectivity index (χ0) is 21.4. The highest BCUT2D eigenvalue weighted by Gasteiger charge is 2.55. The molecule has 5 nitrogen and oxygen atoms in total. The first kappa shape index (κ1) is 19.6. The van der Waals surface area contributed by atoms with Gasteiger partial charge in [-0.15, -0.1) is 0 Å². The van der Waals surface area contributed by atoms with Crippen molar-refractivity contribution in [1.29, 1.82) is 0 Å². The van der Waals surface area contributed by atoms with Gasteiger partial charge in [0.15, 0.2) is 0 Å². The fourth-order valence-corrected chi connectivity index (χ4v) is 4.87. The van der Waals surface area contributed by atoms with Gasteiger partial charge in [-0.2, -0.15) is 0 Å². The van der Waals surface area contributed by atoms with Gasteiger partial charge in [-0.25, -0.2) is 4.79 Å². The van der Waals surface area contributed by atoms with E-state index >= 15 is 0 Å². The minimum absolute atomic E-state index is 0.0461. The van der Waals surface area contributed by atoms with Crippen LogP contribution in [0.15, 0.2) is 78.9 Å². The number of carbonyl (C=O) groups excluding carboxylic acids is 2. The first-order valence-corrected chi connectivity index (χ1v) is 10.7. The average molecular weight is 432 g/mol. The fraction of sp³-hybridized carbons (Fsp3) is 0.200. The second kappa shape index (κ2) is 7.75. The van der Waals surface area contributed by atoms with Gasteiger partial charge in [-0.05, 0) is 34.9 Å². The van der Waals surface area contributed by atoms with Crippen LogP contribution in [0.5, 0.6) is 0 Å². The number of nitrogens with zero attached hydrogens (tertiary/aromatic N) is 2. The highest BCUT2D eigenvalue weighted by atomic mass is 35.5. The van der Waals surface area contributed by atoms with Crippen LogP contribution in [0.4, 0.5) is 4.79 Å². The van der Waals surface area contributed by atoms with Crippen LogP contribution in [0.1, 0.15) is 27.0 Å². The van der Waals surface area contributed by atoms with E-state index in [0.717, 1.165) is 16.7 Å². The molecule has 31 heavy (non-hydrogen) atoms. The molecule has 1 saturated heterocycles. The lowest BCUT2D eigenvalue weighted by molar-refractivity contribution is 0.0202. The van der Waals surface area contributed by atoms with Crippen LogP contribution in [0, 0.1) is 0 Å². The van der Waals surface area contributed by atoms with Gasteiger partial charge >= 0.3 is 6.03 Å². The van der Waals surface area contributed by atoms with E-state index in [9.17, 15) is 9.59 Å². The lowest BCUT2D eigenvalue weighted by Crippen LogP contribution is -2.60. The molecule has 0 aliphatic carbocycles. The molecule has 3 amide bonds. The Kier molecular flexibility index (Phi) is 4.91. The molecule has 2 aliphatic rings. The predicted octanol–water partition coefficient (Wildman–Crippen LogP) is 4.42. The molecule has 0 aromatic heterocycles. The number of hydrogen-bond acceptors (Lipinski definition) is 2. The molecule has 2 aliphatic heterocycles. The molecule has 0 bridgehead atoms. The van der Waals surface area contributed by atoms with Gasteiger partial charge in [0, 0.05) is 36.6 Å². The lowest BCUT2D eigenvalue weighted by atomic mass is 9.84. The van der Waals surface area contributed by atoms with Crippen molar-refractivity contribution in [2.24, 2.45) is 0 Å². The number of carbonyl (C=O) groups is 2. The van der Waals surface area contributed by atoms with Crippen LogP contribution in [-0.4, -0.2) is 34.8 Å². The van der Waals surface area contributed by atoms with Crippen molar-refractivity contribution >= 4 is 23.5 Å². The first-order chi connectivity index (χ1) is 15.1. The monoisotopic (exact) mass is 431 g/mol. The third-order valence-electron chi connectivity index (χ3n) is 6.21. The van der Waals surface area contributed by atoms with Gasteiger partial charge < -0.3 is 10.2 Å². The van der Waals surface area contributed by atoms with E-state index in [2.05, 4.69) is 5.32 Å². The van der Waals surface area contributed by atoms with Crippen molar-refractivity contribution in [2.75, 3.05) is 13.1 Å². The molecule has 1 atom stereocenters. The number of benzene rings is 3. The SMILES string of the molecule is O=C(NCc1ccccc1)N1CCN2C(=O)c3ccccc3CC12c1ccc(Cl)cc1. The maximum absolute atomic E-state index is 13.4. The standard InChI is InChI=1S/C25H22ClN3O2/c26-21-12-10-20(11-13-21)25-16-19-8-4-5-9-22(19)23(30)28(25)14-15-29(25)24(31)27-17-18-6-2-1-3-7-18/h1-13H,14-17H2,(H,27,31). The molecule has 156 valence electrons. The molecule has 5 rings (SSSR count). The van der Waals surface area contributed by atoms with Crippen molar-refractivity contribution in [3.8, 4) is 0 Å². The summed E-state index contributed by atoms with van der Waals surface area (Å²) in [5.41, 5.74) is 2.68. The Morgan fingerprint density at radius 2 is 1.65 bits per heavy atom. The molecule has 1 unspecified atom stereocenters. The topological polar surface area (TPSA) is 52.7 Å². The largest absolute Gasteiger partial charge is 0.334 e. The molecule has 2 heterocycles. The summed E-state index contributed by atoms with van der Waals surface area (Å²) in [4.78, 5) is 30.5. The molecule has 0 radical (unpaired) electrons. The van der Waals surface area contributed by atoms with Crippen molar-refractivity contribution in [3.05, 3.63) is 106 Å². The van der Waals surface area contributed by atoms with E-state index in [1.165, 1.54) is 0 Å². The number of hydrogen-bond donors (Lipinski definition) is 1. The Balaban J connectivity index is 1.55. The summed E-state index contributed by atoms with van der Waals surface area (Å²) in [6, 6.07) is 24.7. The van der Waals surface area contributed by atoms with Crippen LogP contribution in [0.3, 0.4) is 0 Å². The van der Waals surface area contributed by atoms with E-state index in [4.69, 9.17) is 11.6 Å². The molecular weight excluding hydrogens is 410 g/mol. The van der Waals surface area contributed by atoms with Crippen molar-refractivity contribution < 1.29 is 9.59 Å². The van der Waals surface area contributed by atoms with Crippen molar-refractivity contribution in [1.82, 2.24) is 15.1 Å². The number of halogens is 1. The van der Waals surface area contributed by atoms with Crippen LogP contribution >= 0.6 is 11.6 Å². The Hall–Kier alpha value is -3.31. The third-order valence-corrected chi connectivity index (χ3v) is 6.46.